The summed E-state index contributed by atoms with van der Waals surface area (Å²) in [6.45, 7) is 1.82. The monoisotopic (exact) mass is 326 g/mol. The summed E-state index contributed by atoms with van der Waals surface area (Å²) in [7, 11) is 0. The SMILES string of the molecule is O=C(c1nc2ccccc2s1)N1CC(Cn2ncccc2=O)C1. The maximum Gasteiger partial charge on any atom is 0.282 e. The van der Waals surface area contributed by atoms with E-state index in [0.29, 0.717) is 24.6 Å². The van der Waals surface area contributed by atoms with E-state index in [1.807, 2.05) is 24.3 Å². The van der Waals surface area contributed by atoms with Crippen LogP contribution in [0.1, 0.15) is 9.80 Å². The average Bonchev–Trinajstić information content (AvgIpc) is 2.95. The number of carbonyl (C=O) groups excluding carboxylic acids is 1. The number of rotatable bonds is 3. The summed E-state index contributed by atoms with van der Waals surface area (Å²) in [5.41, 5.74) is 0.751. The Morgan fingerprint density at radius 2 is 2.04 bits per heavy atom. The highest BCUT2D eigenvalue weighted by molar-refractivity contribution is 7.20. The Morgan fingerprint density at radius 1 is 1.22 bits per heavy atom. The first-order valence-electron chi connectivity index (χ1n) is 7.38. The van der Waals surface area contributed by atoms with Crippen molar-refractivity contribution >= 4 is 27.5 Å². The minimum Gasteiger partial charge on any atom is -0.336 e. The zero-order chi connectivity index (χ0) is 15.8. The van der Waals surface area contributed by atoms with E-state index in [9.17, 15) is 9.59 Å². The molecule has 4 rings (SSSR count). The van der Waals surface area contributed by atoms with Crippen molar-refractivity contribution in [2.24, 2.45) is 5.92 Å². The molecule has 0 N–H and O–H groups in total. The standard InChI is InChI=1S/C16H14N4O2S/c21-14-6-3-7-17-20(14)10-11-8-19(9-11)16(22)15-18-12-4-1-2-5-13(12)23-15/h1-7,11H,8-10H2. The van der Waals surface area contributed by atoms with Gasteiger partial charge >= 0.3 is 0 Å². The molecule has 0 spiro atoms. The first kappa shape index (κ1) is 14.1. The molecule has 0 saturated carbocycles. The molecule has 0 bridgehead atoms. The van der Waals surface area contributed by atoms with Crippen LogP contribution in [-0.4, -0.2) is 38.7 Å². The van der Waals surface area contributed by atoms with Crippen molar-refractivity contribution in [3.05, 3.63) is 58.0 Å². The van der Waals surface area contributed by atoms with Crippen LogP contribution in [0, 0.1) is 5.92 Å². The number of likely N-dealkylation sites (tertiary alicyclic amines) is 1. The van der Waals surface area contributed by atoms with Crippen molar-refractivity contribution in [2.45, 2.75) is 6.54 Å². The lowest BCUT2D eigenvalue weighted by molar-refractivity contribution is 0.0458. The fourth-order valence-corrected chi connectivity index (χ4v) is 3.65. The third kappa shape index (κ3) is 2.63. The zero-order valence-electron chi connectivity index (χ0n) is 12.3. The zero-order valence-corrected chi connectivity index (χ0v) is 13.1. The fraction of sp³-hybridized carbons (Fsp3) is 0.250. The van der Waals surface area contributed by atoms with Gasteiger partial charge in [-0.25, -0.2) is 9.67 Å². The maximum absolute atomic E-state index is 12.5. The molecule has 1 fully saturated rings. The van der Waals surface area contributed by atoms with Gasteiger partial charge in [-0.3, -0.25) is 9.59 Å². The summed E-state index contributed by atoms with van der Waals surface area (Å²) in [6, 6.07) is 10.9. The highest BCUT2D eigenvalue weighted by Gasteiger charge is 2.33. The molecule has 1 saturated heterocycles. The summed E-state index contributed by atoms with van der Waals surface area (Å²) in [5, 5.41) is 4.57. The second kappa shape index (κ2) is 5.58. The summed E-state index contributed by atoms with van der Waals surface area (Å²) in [4.78, 5) is 30.3. The molecule has 6 nitrogen and oxygen atoms in total. The van der Waals surface area contributed by atoms with E-state index in [2.05, 4.69) is 10.1 Å². The molecule has 0 unspecified atom stereocenters. The molecule has 1 aromatic carbocycles. The number of carbonyl (C=O) groups is 1. The minimum absolute atomic E-state index is 0.0317. The topological polar surface area (TPSA) is 68.1 Å². The number of thiazole rings is 1. The summed E-state index contributed by atoms with van der Waals surface area (Å²) in [6.07, 6.45) is 1.60. The van der Waals surface area contributed by atoms with Gasteiger partial charge in [-0.1, -0.05) is 12.1 Å². The molecule has 3 aromatic rings. The summed E-state index contributed by atoms with van der Waals surface area (Å²) in [5.74, 6) is 0.233. The van der Waals surface area contributed by atoms with Crippen molar-refractivity contribution in [3.8, 4) is 0 Å². The molecular weight excluding hydrogens is 312 g/mol. The molecule has 1 aliphatic heterocycles. The Bertz CT molecular complexity index is 894. The molecule has 0 atom stereocenters. The van der Waals surface area contributed by atoms with E-state index in [1.54, 1.807) is 17.2 Å². The van der Waals surface area contributed by atoms with Gasteiger partial charge in [0.15, 0.2) is 5.01 Å². The molecule has 116 valence electrons. The van der Waals surface area contributed by atoms with Gasteiger partial charge in [0.05, 0.1) is 16.8 Å². The van der Waals surface area contributed by atoms with E-state index in [-0.39, 0.29) is 17.4 Å². The van der Waals surface area contributed by atoms with Gasteiger partial charge in [-0.05, 0) is 18.2 Å². The Labute approximate surface area is 136 Å². The van der Waals surface area contributed by atoms with Crippen LogP contribution in [0.15, 0.2) is 47.4 Å². The van der Waals surface area contributed by atoms with Crippen molar-refractivity contribution in [3.63, 3.8) is 0 Å². The van der Waals surface area contributed by atoms with Crippen molar-refractivity contribution in [1.82, 2.24) is 19.7 Å². The van der Waals surface area contributed by atoms with Crippen LogP contribution in [0.3, 0.4) is 0 Å². The van der Waals surface area contributed by atoms with Crippen molar-refractivity contribution in [2.75, 3.05) is 13.1 Å². The molecule has 23 heavy (non-hydrogen) atoms. The third-order valence-corrected chi connectivity index (χ3v) is 4.96. The molecular formula is C16H14N4O2S. The van der Waals surface area contributed by atoms with Gasteiger partial charge in [0.2, 0.25) is 0 Å². The highest BCUT2D eigenvalue weighted by atomic mass is 32.1. The van der Waals surface area contributed by atoms with E-state index in [1.165, 1.54) is 22.1 Å². The van der Waals surface area contributed by atoms with Crippen LogP contribution in [0.4, 0.5) is 0 Å². The van der Waals surface area contributed by atoms with E-state index in [0.717, 1.165) is 10.2 Å². The van der Waals surface area contributed by atoms with Gasteiger partial charge in [0, 0.05) is 31.3 Å². The second-order valence-corrected chi connectivity index (χ2v) is 6.64. The first-order valence-corrected chi connectivity index (χ1v) is 8.19. The van der Waals surface area contributed by atoms with Gasteiger partial charge in [0.1, 0.15) is 0 Å². The molecule has 7 heteroatoms. The van der Waals surface area contributed by atoms with Crippen molar-refractivity contribution < 1.29 is 4.79 Å². The molecule has 1 amide bonds. The summed E-state index contributed by atoms with van der Waals surface area (Å²) >= 11 is 1.42. The molecule has 1 aliphatic rings. The Kier molecular flexibility index (Phi) is 3.42. The first-order chi connectivity index (χ1) is 11.2. The highest BCUT2D eigenvalue weighted by Crippen LogP contribution is 2.25. The number of para-hydroxylation sites is 1. The Hall–Kier alpha value is -2.54. The summed E-state index contributed by atoms with van der Waals surface area (Å²) < 4.78 is 2.47. The van der Waals surface area contributed by atoms with Gasteiger partial charge in [-0.2, -0.15) is 5.10 Å². The van der Waals surface area contributed by atoms with Crippen LogP contribution in [0.2, 0.25) is 0 Å². The number of amides is 1. The normalized spacial score (nSPS) is 14.9. The number of benzene rings is 1. The second-order valence-electron chi connectivity index (χ2n) is 5.61. The van der Waals surface area contributed by atoms with E-state index < -0.39 is 0 Å². The van der Waals surface area contributed by atoms with Gasteiger partial charge in [-0.15, -0.1) is 11.3 Å². The predicted molar refractivity (Wildman–Crippen MR) is 87.5 cm³/mol. The van der Waals surface area contributed by atoms with E-state index >= 15 is 0 Å². The molecule has 2 aromatic heterocycles. The lowest BCUT2D eigenvalue weighted by Gasteiger charge is -2.38. The lowest BCUT2D eigenvalue weighted by atomic mass is 10.0. The van der Waals surface area contributed by atoms with E-state index in [4.69, 9.17) is 0 Å². The van der Waals surface area contributed by atoms with Crippen LogP contribution in [0.25, 0.3) is 10.2 Å². The number of aromatic nitrogens is 3. The van der Waals surface area contributed by atoms with Crippen LogP contribution in [-0.2, 0) is 6.54 Å². The van der Waals surface area contributed by atoms with Crippen LogP contribution < -0.4 is 5.56 Å². The Balaban J connectivity index is 1.42. The van der Waals surface area contributed by atoms with Gasteiger partial charge < -0.3 is 4.90 Å². The molecule has 3 heterocycles. The fourth-order valence-electron chi connectivity index (χ4n) is 2.72. The average molecular weight is 326 g/mol. The van der Waals surface area contributed by atoms with Crippen molar-refractivity contribution in [1.29, 1.82) is 0 Å². The number of fused-ring (bicyclic) bond motifs is 1. The number of hydrogen-bond acceptors (Lipinski definition) is 5. The predicted octanol–water partition coefficient (Wildman–Crippen LogP) is 1.63. The maximum atomic E-state index is 12.5. The Morgan fingerprint density at radius 3 is 2.83 bits per heavy atom. The third-order valence-electron chi connectivity index (χ3n) is 3.94. The smallest absolute Gasteiger partial charge is 0.282 e. The number of hydrogen-bond donors (Lipinski definition) is 0. The largest absolute Gasteiger partial charge is 0.336 e. The van der Waals surface area contributed by atoms with Gasteiger partial charge in [0.25, 0.3) is 11.5 Å². The molecule has 0 radical (unpaired) electrons. The number of nitrogens with zero attached hydrogens (tertiary/aromatic N) is 4. The van der Waals surface area contributed by atoms with Crippen LogP contribution in [0.5, 0.6) is 0 Å². The van der Waals surface area contributed by atoms with Crippen LogP contribution >= 0.6 is 11.3 Å². The molecule has 0 aliphatic carbocycles. The minimum atomic E-state index is -0.108. The lowest BCUT2D eigenvalue weighted by Crippen LogP contribution is -2.52. The quantitative estimate of drug-likeness (QED) is 0.733.